The highest BCUT2D eigenvalue weighted by molar-refractivity contribution is 5.70. The molecule has 0 amide bonds. The van der Waals surface area contributed by atoms with Gasteiger partial charge < -0.3 is 19.7 Å². The second kappa shape index (κ2) is 4.37. The minimum Gasteiger partial charge on any atom is -0.497 e. The summed E-state index contributed by atoms with van der Waals surface area (Å²) in [6.45, 7) is 1.94. The second-order valence-corrected chi connectivity index (χ2v) is 3.62. The van der Waals surface area contributed by atoms with E-state index in [9.17, 15) is 0 Å². The maximum Gasteiger partial charge on any atom is 0.222 e. The molecule has 1 aromatic carbocycles. The lowest BCUT2D eigenvalue weighted by Crippen LogP contribution is -1.93. The molecule has 0 bridgehead atoms. The number of benzene rings is 1. The molecule has 2 N–H and O–H groups in total. The van der Waals surface area contributed by atoms with E-state index in [4.69, 9.17) is 19.7 Å². The lowest BCUT2D eigenvalue weighted by molar-refractivity contribution is 0.392. The Bertz CT molecular complexity index is 535. The zero-order valence-electron chi connectivity index (χ0n) is 9.98. The number of methoxy groups -OCH3 is 2. The fourth-order valence-corrected chi connectivity index (χ4v) is 1.67. The summed E-state index contributed by atoms with van der Waals surface area (Å²) >= 11 is 0. The van der Waals surface area contributed by atoms with E-state index >= 15 is 0 Å². The molecule has 0 aliphatic rings. The van der Waals surface area contributed by atoms with Crippen LogP contribution in [-0.4, -0.2) is 19.4 Å². The number of hydrogen-bond donors (Lipinski definition) is 1. The molecule has 5 heteroatoms. The van der Waals surface area contributed by atoms with Crippen LogP contribution in [0.15, 0.2) is 22.7 Å². The molecule has 0 aliphatic heterocycles. The van der Waals surface area contributed by atoms with Gasteiger partial charge in [-0.25, -0.2) is 0 Å². The first-order chi connectivity index (χ1) is 8.15. The van der Waals surface area contributed by atoms with Gasteiger partial charge in [-0.15, -0.1) is 0 Å². The number of nitrogen functional groups attached to an aromatic ring is 1. The molecule has 1 aromatic heterocycles. The van der Waals surface area contributed by atoms with Crippen molar-refractivity contribution in [2.75, 3.05) is 20.0 Å². The molecule has 0 saturated heterocycles. The van der Waals surface area contributed by atoms with Crippen molar-refractivity contribution in [1.29, 1.82) is 0 Å². The summed E-state index contributed by atoms with van der Waals surface area (Å²) < 4.78 is 15.4. The fourth-order valence-electron chi connectivity index (χ4n) is 1.67. The highest BCUT2D eigenvalue weighted by Gasteiger charge is 2.13. The van der Waals surface area contributed by atoms with Gasteiger partial charge in [-0.05, 0) is 13.0 Å². The van der Waals surface area contributed by atoms with Gasteiger partial charge in [0.2, 0.25) is 5.88 Å². The molecule has 0 saturated carbocycles. The van der Waals surface area contributed by atoms with E-state index in [1.807, 2.05) is 19.1 Å². The van der Waals surface area contributed by atoms with Gasteiger partial charge in [-0.3, -0.25) is 0 Å². The van der Waals surface area contributed by atoms with Gasteiger partial charge in [-0.1, -0.05) is 5.16 Å². The van der Waals surface area contributed by atoms with Crippen molar-refractivity contribution in [2.24, 2.45) is 0 Å². The summed E-state index contributed by atoms with van der Waals surface area (Å²) in [5.41, 5.74) is 8.02. The van der Waals surface area contributed by atoms with Crippen molar-refractivity contribution < 1.29 is 14.0 Å². The molecule has 17 heavy (non-hydrogen) atoms. The minimum atomic E-state index is 0.279. The van der Waals surface area contributed by atoms with Gasteiger partial charge in [0.1, 0.15) is 17.2 Å². The molecule has 1 heterocycles. The van der Waals surface area contributed by atoms with Crippen LogP contribution >= 0.6 is 0 Å². The smallest absolute Gasteiger partial charge is 0.222 e. The first-order valence-electron chi connectivity index (χ1n) is 5.11. The molecule has 0 spiro atoms. The Balaban J connectivity index is 2.59. The average molecular weight is 234 g/mol. The predicted molar refractivity (Wildman–Crippen MR) is 64.2 cm³/mol. The topological polar surface area (TPSA) is 70.5 Å². The number of anilines is 1. The third kappa shape index (κ3) is 2.04. The highest BCUT2D eigenvalue weighted by atomic mass is 16.5. The van der Waals surface area contributed by atoms with Crippen LogP contribution in [0, 0.1) is 6.92 Å². The van der Waals surface area contributed by atoms with E-state index in [-0.39, 0.29) is 5.88 Å². The summed E-state index contributed by atoms with van der Waals surface area (Å²) in [6.07, 6.45) is 0. The van der Waals surface area contributed by atoms with Gasteiger partial charge in [0, 0.05) is 23.3 Å². The molecule has 0 fully saturated rings. The first kappa shape index (κ1) is 11.3. The van der Waals surface area contributed by atoms with E-state index < -0.39 is 0 Å². The summed E-state index contributed by atoms with van der Waals surface area (Å²) in [6, 6.07) is 5.36. The number of hydrogen-bond acceptors (Lipinski definition) is 5. The molecular formula is C12H14N2O3. The van der Waals surface area contributed by atoms with Crippen molar-refractivity contribution in [3.05, 3.63) is 23.8 Å². The molecule has 0 atom stereocenters. The summed E-state index contributed by atoms with van der Waals surface area (Å²) in [5, 5.41) is 3.89. The summed E-state index contributed by atoms with van der Waals surface area (Å²) in [7, 11) is 3.22. The Hall–Kier alpha value is -2.17. The highest BCUT2D eigenvalue weighted by Crippen LogP contribution is 2.34. The summed E-state index contributed by atoms with van der Waals surface area (Å²) in [5.74, 6) is 1.71. The number of ether oxygens (including phenoxy) is 2. The zero-order chi connectivity index (χ0) is 12.4. The quantitative estimate of drug-likeness (QED) is 0.881. The maximum absolute atomic E-state index is 5.52. The standard InChI is InChI=1S/C12H14N2O3/c1-7-9(10-6-12(13)17-14-10)4-8(15-2)5-11(7)16-3/h4-6H,13H2,1-3H3. The van der Waals surface area contributed by atoms with Crippen LogP contribution in [0.4, 0.5) is 5.88 Å². The van der Waals surface area contributed by atoms with Crippen molar-refractivity contribution in [3.8, 4) is 22.8 Å². The third-order valence-corrected chi connectivity index (χ3v) is 2.59. The van der Waals surface area contributed by atoms with E-state index in [1.165, 1.54) is 0 Å². The van der Waals surface area contributed by atoms with E-state index in [0.29, 0.717) is 11.4 Å². The minimum absolute atomic E-state index is 0.279. The van der Waals surface area contributed by atoms with Gasteiger partial charge in [0.15, 0.2) is 0 Å². The molecule has 5 nitrogen and oxygen atoms in total. The van der Waals surface area contributed by atoms with Crippen molar-refractivity contribution in [3.63, 3.8) is 0 Å². The third-order valence-electron chi connectivity index (χ3n) is 2.59. The zero-order valence-corrected chi connectivity index (χ0v) is 9.98. The number of rotatable bonds is 3. The number of nitrogens with two attached hydrogens (primary N) is 1. The molecule has 0 aliphatic carbocycles. The normalized spacial score (nSPS) is 10.3. The lowest BCUT2D eigenvalue weighted by Gasteiger charge is -2.11. The largest absolute Gasteiger partial charge is 0.497 e. The van der Waals surface area contributed by atoms with Gasteiger partial charge in [0.25, 0.3) is 0 Å². The van der Waals surface area contributed by atoms with Crippen LogP contribution in [0.2, 0.25) is 0 Å². The number of nitrogens with zero attached hydrogens (tertiary/aromatic N) is 1. The van der Waals surface area contributed by atoms with Crippen molar-refractivity contribution in [2.45, 2.75) is 6.92 Å². The number of aromatic nitrogens is 1. The van der Waals surface area contributed by atoms with Crippen LogP contribution in [0.3, 0.4) is 0 Å². The molecular weight excluding hydrogens is 220 g/mol. The second-order valence-electron chi connectivity index (χ2n) is 3.62. The lowest BCUT2D eigenvalue weighted by atomic mass is 10.0. The SMILES string of the molecule is COc1cc(OC)c(C)c(-c2cc(N)on2)c1. The molecule has 0 unspecified atom stereocenters. The molecule has 2 rings (SSSR count). The monoisotopic (exact) mass is 234 g/mol. The van der Waals surface area contributed by atoms with Crippen LogP contribution < -0.4 is 15.2 Å². The van der Waals surface area contributed by atoms with E-state index in [2.05, 4.69) is 5.16 Å². The van der Waals surface area contributed by atoms with Gasteiger partial charge in [-0.2, -0.15) is 0 Å². The Morgan fingerprint density at radius 2 is 1.94 bits per heavy atom. The first-order valence-corrected chi connectivity index (χ1v) is 5.11. The molecule has 0 radical (unpaired) electrons. The van der Waals surface area contributed by atoms with Crippen molar-refractivity contribution >= 4 is 5.88 Å². The Labute approximate surface area is 99.1 Å². The average Bonchev–Trinajstić information content (AvgIpc) is 2.76. The van der Waals surface area contributed by atoms with Crippen LogP contribution in [0.1, 0.15) is 5.56 Å². The molecule has 2 aromatic rings. The Morgan fingerprint density at radius 3 is 2.47 bits per heavy atom. The fraction of sp³-hybridized carbons (Fsp3) is 0.250. The predicted octanol–water partition coefficient (Wildman–Crippen LogP) is 2.25. The van der Waals surface area contributed by atoms with Crippen LogP contribution in [0.25, 0.3) is 11.3 Å². The van der Waals surface area contributed by atoms with Crippen LogP contribution in [-0.2, 0) is 0 Å². The van der Waals surface area contributed by atoms with Gasteiger partial charge in [0.05, 0.1) is 14.2 Å². The Morgan fingerprint density at radius 1 is 1.18 bits per heavy atom. The van der Waals surface area contributed by atoms with Crippen LogP contribution in [0.5, 0.6) is 11.5 Å². The Kier molecular flexibility index (Phi) is 2.91. The van der Waals surface area contributed by atoms with Crippen molar-refractivity contribution in [1.82, 2.24) is 5.16 Å². The van der Waals surface area contributed by atoms with E-state index in [0.717, 1.165) is 16.9 Å². The molecule has 90 valence electrons. The van der Waals surface area contributed by atoms with E-state index in [1.54, 1.807) is 20.3 Å². The maximum atomic E-state index is 5.52. The summed E-state index contributed by atoms with van der Waals surface area (Å²) in [4.78, 5) is 0. The van der Waals surface area contributed by atoms with Gasteiger partial charge >= 0.3 is 0 Å².